The normalized spacial score (nSPS) is 11.0. The molecule has 1 amide bonds. The highest BCUT2D eigenvalue weighted by atomic mass is 35.5. The average molecular weight is 478 g/mol. The van der Waals surface area contributed by atoms with Crippen LogP contribution in [0.25, 0.3) is 17.1 Å². The molecule has 0 saturated heterocycles. The third-order valence-electron chi connectivity index (χ3n) is 5.09. The molecular weight excluding hydrogens is 454 g/mol. The number of carbonyl (C=O) groups is 1. The van der Waals surface area contributed by atoms with Crippen LogP contribution in [0.5, 0.6) is 0 Å². The highest BCUT2D eigenvalue weighted by Crippen LogP contribution is 2.31. The first-order valence-electron chi connectivity index (χ1n) is 10.6. The molecule has 0 saturated carbocycles. The topological polar surface area (TPSA) is 72.7 Å². The molecule has 2 aromatic heterocycles. The molecule has 2 heterocycles. The van der Waals surface area contributed by atoms with Gasteiger partial charge >= 0.3 is 0 Å². The summed E-state index contributed by atoms with van der Waals surface area (Å²) in [6.07, 6.45) is 3.50. The molecule has 0 fully saturated rings. The summed E-state index contributed by atoms with van der Waals surface area (Å²) >= 11 is 7.28. The lowest BCUT2D eigenvalue weighted by molar-refractivity contribution is -0.118. The number of hydrogen-bond acceptors (Lipinski definition) is 5. The maximum Gasteiger partial charge on any atom is 0.230 e. The smallest absolute Gasteiger partial charge is 0.230 e. The Kier molecular flexibility index (Phi) is 7.42. The number of aromatic nitrogens is 4. The van der Waals surface area contributed by atoms with Gasteiger partial charge in [0.2, 0.25) is 5.91 Å². The van der Waals surface area contributed by atoms with E-state index in [1.807, 2.05) is 53.1 Å². The van der Waals surface area contributed by atoms with Crippen LogP contribution in [0.2, 0.25) is 5.02 Å². The second-order valence-corrected chi connectivity index (χ2v) is 9.17. The third-order valence-corrected chi connectivity index (χ3v) is 6.27. The van der Waals surface area contributed by atoms with Crippen LogP contribution >= 0.6 is 23.4 Å². The van der Waals surface area contributed by atoms with Gasteiger partial charge < -0.3 is 5.32 Å². The van der Waals surface area contributed by atoms with E-state index in [-0.39, 0.29) is 11.7 Å². The molecule has 0 aliphatic heterocycles. The van der Waals surface area contributed by atoms with Crippen LogP contribution in [0.4, 0.5) is 0 Å². The number of nitrogens with one attached hydrogen (secondary N) is 1. The number of thioether (sulfide) groups is 1. The molecule has 0 unspecified atom stereocenters. The summed E-state index contributed by atoms with van der Waals surface area (Å²) in [4.78, 5) is 16.8. The number of rotatable bonds is 8. The Morgan fingerprint density at radius 3 is 2.58 bits per heavy atom. The number of hydrogen-bond donors (Lipinski definition) is 1. The first-order chi connectivity index (χ1) is 16.0. The molecule has 4 aromatic rings. The molecule has 1 N–H and O–H groups in total. The summed E-state index contributed by atoms with van der Waals surface area (Å²) in [5.74, 6) is 1.15. The quantitative estimate of drug-likeness (QED) is 0.338. The van der Waals surface area contributed by atoms with E-state index in [9.17, 15) is 4.79 Å². The van der Waals surface area contributed by atoms with Crippen molar-refractivity contribution in [3.8, 4) is 17.1 Å². The van der Waals surface area contributed by atoms with Crippen molar-refractivity contribution in [2.75, 3.05) is 5.75 Å². The molecule has 168 valence electrons. The standard InChI is InChI=1S/C25H24ClN5OS/c1-17(2)21-7-3-4-8-22(21)31-24(19-6-5-13-27-15-19)29-30-25(31)33-16-23(32)28-14-18-9-11-20(26)12-10-18/h3-13,15,17H,14,16H2,1-2H3,(H,28,32). The fourth-order valence-corrected chi connectivity index (χ4v) is 4.33. The Morgan fingerprint density at radius 1 is 1.06 bits per heavy atom. The minimum Gasteiger partial charge on any atom is -0.351 e. The van der Waals surface area contributed by atoms with Crippen molar-refractivity contribution in [3.05, 3.63) is 89.2 Å². The van der Waals surface area contributed by atoms with Crippen LogP contribution < -0.4 is 5.32 Å². The molecule has 0 spiro atoms. The Morgan fingerprint density at radius 2 is 1.85 bits per heavy atom. The van der Waals surface area contributed by atoms with E-state index in [2.05, 4.69) is 46.5 Å². The zero-order valence-corrected chi connectivity index (χ0v) is 20.0. The van der Waals surface area contributed by atoms with Gasteiger partial charge in [0.05, 0.1) is 11.4 Å². The van der Waals surface area contributed by atoms with Crippen LogP contribution in [0.1, 0.15) is 30.9 Å². The van der Waals surface area contributed by atoms with Gasteiger partial charge in [0.25, 0.3) is 0 Å². The highest BCUT2D eigenvalue weighted by Gasteiger charge is 2.20. The first kappa shape index (κ1) is 23.0. The number of amides is 1. The average Bonchev–Trinajstić information content (AvgIpc) is 3.26. The second kappa shape index (κ2) is 10.6. The Hall–Kier alpha value is -3.16. The van der Waals surface area contributed by atoms with E-state index >= 15 is 0 Å². The van der Waals surface area contributed by atoms with Crippen molar-refractivity contribution < 1.29 is 4.79 Å². The van der Waals surface area contributed by atoms with Crippen molar-refractivity contribution in [1.29, 1.82) is 0 Å². The number of halogens is 1. The SMILES string of the molecule is CC(C)c1ccccc1-n1c(SCC(=O)NCc2ccc(Cl)cc2)nnc1-c1cccnc1. The Labute approximate surface area is 202 Å². The van der Waals surface area contributed by atoms with Gasteiger partial charge in [-0.2, -0.15) is 0 Å². The Bertz CT molecular complexity index is 1230. The minimum absolute atomic E-state index is 0.0791. The van der Waals surface area contributed by atoms with Crippen LogP contribution in [-0.4, -0.2) is 31.4 Å². The largest absolute Gasteiger partial charge is 0.351 e. The van der Waals surface area contributed by atoms with E-state index in [0.29, 0.717) is 28.5 Å². The van der Waals surface area contributed by atoms with E-state index in [4.69, 9.17) is 11.6 Å². The first-order valence-corrected chi connectivity index (χ1v) is 12.0. The van der Waals surface area contributed by atoms with Gasteiger partial charge in [-0.3, -0.25) is 14.3 Å². The molecule has 6 nitrogen and oxygen atoms in total. The maximum atomic E-state index is 12.5. The number of para-hydroxylation sites is 1. The summed E-state index contributed by atoms with van der Waals surface area (Å²) in [5, 5.41) is 13.1. The summed E-state index contributed by atoms with van der Waals surface area (Å²) in [5.41, 5.74) is 4.03. The molecule has 0 aliphatic rings. The maximum absolute atomic E-state index is 12.5. The number of pyridine rings is 1. The van der Waals surface area contributed by atoms with Gasteiger partial charge in [-0.25, -0.2) is 0 Å². The lowest BCUT2D eigenvalue weighted by Gasteiger charge is -2.16. The zero-order valence-electron chi connectivity index (χ0n) is 18.4. The van der Waals surface area contributed by atoms with Gasteiger partial charge in [-0.15, -0.1) is 10.2 Å². The minimum atomic E-state index is -0.0791. The van der Waals surface area contributed by atoms with Crippen LogP contribution in [-0.2, 0) is 11.3 Å². The third kappa shape index (κ3) is 5.61. The fourth-order valence-electron chi connectivity index (χ4n) is 3.43. The molecular formula is C25H24ClN5OS. The van der Waals surface area contributed by atoms with Crippen molar-refractivity contribution in [3.63, 3.8) is 0 Å². The predicted molar refractivity (Wildman–Crippen MR) is 133 cm³/mol. The van der Waals surface area contributed by atoms with Gasteiger partial charge in [0.15, 0.2) is 11.0 Å². The number of benzene rings is 2. The van der Waals surface area contributed by atoms with Gasteiger partial charge in [-0.1, -0.05) is 67.5 Å². The zero-order chi connectivity index (χ0) is 23.2. The van der Waals surface area contributed by atoms with Crippen molar-refractivity contribution >= 4 is 29.3 Å². The Balaban J connectivity index is 1.58. The van der Waals surface area contributed by atoms with E-state index in [1.165, 1.54) is 17.3 Å². The summed E-state index contributed by atoms with van der Waals surface area (Å²) in [6, 6.07) is 19.5. The summed E-state index contributed by atoms with van der Waals surface area (Å²) in [6.45, 7) is 4.76. The van der Waals surface area contributed by atoms with Gasteiger partial charge in [0, 0.05) is 29.5 Å². The van der Waals surface area contributed by atoms with E-state index < -0.39 is 0 Å². The lowest BCUT2D eigenvalue weighted by atomic mass is 10.0. The lowest BCUT2D eigenvalue weighted by Crippen LogP contribution is -2.24. The van der Waals surface area contributed by atoms with E-state index in [1.54, 1.807) is 12.4 Å². The predicted octanol–water partition coefficient (Wildman–Crippen LogP) is 5.51. The number of nitrogens with zero attached hydrogens (tertiary/aromatic N) is 4. The molecule has 0 atom stereocenters. The van der Waals surface area contributed by atoms with Gasteiger partial charge in [0.1, 0.15) is 0 Å². The monoisotopic (exact) mass is 477 g/mol. The van der Waals surface area contributed by atoms with Gasteiger partial charge in [-0.05, 0) is 47.4 Å². The number of carbonyl (C=O) groups excluding carboxylic acids is 1. The van der Waals surface area contributed by atoms with Crippen molar-refractivity contribution in [1.82, 2.24) is 25.1 Å². The van der Waals surface area contributed by atoms with Crippen LogP contribution in [0.15, 0.2) is 78.2 Å². The molecule has 2 aromatic carbocycles. The highest BCUT2D eigenvalue weighted by molar-refractivity contribution is 7.99. The summed E-state index contributed by atoms with van der Waals surface area (Å²) < 4.78 is 2.02. The second-order valence-electron chi connectivity index (χ2n) is 7.79. The van der Waals surface area contributed by atoms with Crippen LogP contribution in [0.3, 0.4) is 0 Å². The fraction of sp³-hybridized carbons (Fsp3) is 0.200. The molecule has 4 rings (SSSR count). The van der Waals surface area contributed by atoms with Crippen molar-refractivity contribution in [2.45, 2.75) is 31.5 Å². The molecule has 0 aliphatic carbocycles. The van der Waals surface area contributed by atoms with Crippen LogP contribution in [0, 0.1) is 0 Å². The molecule has 33 heavy (non-hydrogen) atoms. The summed E-state index contributed by atoms with van der Waals surface area (Å²) in [7, 11) is 0. The van der Waals surface area contributed by atoms with E-state index in [0.717, 1.165) is 16.8 Å². The molecule has 8 heteroatoms. The molecule has 0 bridgehead atoms. The molecule has 0 radical (unpaired) electrons. The van der Waals surface area contributed by atoms with Crippen molar-refractivity contribution in [2.24, 2.45) is 0 Å².